The molecule has 1 heterocycles. The maximum atomic E-state index is 13.2. The third kappa shape index (κ3) is 7.34. The smallest absolute Gasteiger partial charge is 0.336 e. The number of carbonyl (C=O) groups excluding carboxylic acids is 1. The SMILES string of the molecule is CCN(CC)c1ccc2c(-c3cc(C(=O)NCCCC[C@H](N)C(=O)O)ccc3C(=O)O)c3ccc(=[N+](CC)CC)cc-3oc2c1. The third-order valence-corrected chi connectivity index (χ3v) is 8.27. The van der Waals surface area contributed by atoms with Crippen LogP contribution in [-0.2, 0) is 4.79 Å². The fourth-order valence-corrected chi connectivity index (χ4v) is 5.72. The van der Waals surface area contributed by atoms with Crippen molar-refractivity contribution in [1.82, 2.24) is 9.89 Å². The molecule has 2 aromatic rings. The first kappa shape index (κ1) is 33.2. The Bertz CT molecular complexity index is 1730. The van der Waals surface area contributed by atoms with Gasteiger partial charge in [-0.3, -0.25) is 9.59 Å². The van der Waals surface area contributed by atoms with Gasteiger partial charge in [-0.1, -0.05) is 0 Å². The number of hydrogen-bond donors (Lipinski definition) is 4. The number of nitrogens with zero attached hydrogens (tertiary/aromatic N) is 2. The number of hydrogen-bond acceptors (Lipinski definition) is 6. The van der Waals surface area contributed by atoms with Gasteiger partial charge in [-0.25, -0.2) is 9.37 Å². The lowest BCUT2D eigenvalue weighted by Gasteiger charge is -2.22. The Kier molecular flexibility index (Phi) is 11.0. The number of amides is 1. The van der Waals surface area contributed by atoms with Crippen LogP contribution >= 0.6 is 0 Å². The van der Waals surface area contributed by atoms with Crippen molar-refractivity contribution in [2.24, 2.45) is 5.73 Å². The van der Waals surface area contributed by atoms with E-state index in [0.717, 1.165) is 48.2 Å². The van der Waals surface area contributed by atoms with Gasteiger partial charge in [0.25, 0.3) is 5.91 Å². The van der Waals surface area contributed by atoms with E-state index >= 15 is 0 Å². The molecule has 10 nitrogen and oxygen atoms in total. The number of fused-ring (bicyclic) bond motifs is 2. The summed E-state index contributed by atoms with van der Waals surface area (Å²) in [6.45, 7) is 12.0. The Morgan fingerprint density at radius 1 is 0.911 bits per heavy atom. The van der Waals surface area contributed by atoms with Crippen molar-refractivity contribution in [2.75, 3.05) is 37.6 Å². The summed E-state index contributed by atoms with van der Waals surface area (Å²) < 4.78 is 8.74. The number of carbonyl (C=O) groups is 3. The second kappa shape index (κ2) is 14.9. The number of benzene rings is 3. The van der Waals surface area contributed by atoms with Crippen LogP contribution < -0.4 is 25.9 Å². The minimum atomic E-state index is -1.10. The highest BCUT2D eigenvalue weighted by Gasteiger charge is 2.24. The molecule has 1 atom stereocenters. The first-order valence-corrected chi connectivity index (χ1v) is 15.6. The van der Waals surface area contributed by atoms with Crippen molar-refractivity contribution in [1.29, 1.82) is 0 Å². The molecule has 0 bridgehead atoms. The number of nitrogens with one attached hydrogen (secondary N) is 1. The fraction of sp³-hybridized carbons (Fsp3) is 0.371. The summed E-state index contributed by atoms with van der Waals surface area (Å²) in [5, 5.41) is 23.8. The Morgan fingerprint density at radius 2 is 1.64 bits per heavy atom. The molecule has 1 aliphatic heterocycles. The zero-order chi connectivity index (χ0) is 32.7. The summed E-state index contributed by atoms with van der Waals surface area (Å²) in [6, 6.07) is 15.6. The molecule has 1 aliphatic carbocycles. The first-order chi connectivity index (χ1) is 21.6. The van der Waals surface area contributed by atoms with Gasteiger partial charge in [0.15, 0.2) is 0 Å². The van der Waals surface area contributed by atoms with Crippen LogP contribution in [0.25, 0.3) is 33.4 Å². The molecule has 0 radical (unpaired) electrons. The van der Waals surface area contributed by atoms with Crippen LogP contribution in [0.1, 0.15) is 67.7 Å². The largest absolute Gasteiger partial charge is 0.480 e. The van der Waals surface area contributed by atoms with Crippen LogP contribution in [0.5, 0.6) is 0 Å². The van der Waals surface area contributed by atoms with Gasteiger partial charge >= 0.3 is 11.9 Å². The highest BCUT2D eigenvalue weighted by molar-refractivity contribution is 6.09. The minimum Gasteiger partial charge on any atom is -0.480 e. The average molecular weight is 616 g/mol. The lowest BCUT2D eigenvalue weighted by atomic mass is 9.89. The van der Waals surface area contributed by atoms with Crippen LogP contribution in [0.3, 0.4) is 0 Å². The second-order valence-electron chi connectivity index (χ2n) is 10.9. The zero-order valence-electron chi connectivity index (χ0n) is 26.4. The van der Waals surface area contributed by atoms with Gasteiger partial charge in [0.1, 0.15) is 30.5 Å². The van der Waals surface area contributed by atoms with Crippen molar-refractivity contribution < 1.29 is 29.0 Å². The Labute approximate surface area is 263 Å². The molecular formula is C35H43N4O6+. The van der Waals surface area contributed by atoms with E-state index in [1.807, 2.05) is 36.4 Å². The molecule has 1 amide bonds. The standard InChI is InChI=1S/C35H42N4O6/c1-5-38(6-2)23-13-16-26-30(20-23)45-31-21-24(39(7-3)8-4)14-17-27(31)32(26)28-19-22(12-15-25(28)34(41)42)33(40)37-18-10-9-11-29(36)35(43)44/h12-17,19-21,29H,5-11,18,36H2,1-4H3,(H2-,37,40,41,42,43,44)/p+1/t29-/m0/s1. The fourth-order valence-electron chi connectivity index (χ4n) is 5.72. The second-order valence-corrected chi connectivity index (χ2v) is 10.9. The van der Waals surface area contributed by atoms with E-state index in [9.17, 15) is 19.5 Å². The van der Waals surface area contributed by atoms with E-state index in [4.69, 9.17) is 15.3 Å². The molecule has 2 aromatic carbocycles. The summed E-state index contributed by atoms with van der Waals surface area (Å²) in [5.74, 6) is -1.89. The normalized spacial score (nSPS) is 11.8. The topological polar surface area (TPSA) is 149 Å². The number of unbranched alkanes of at least 4 members (excludes halogenated alkanes) is 1. The first-order valence-electron chi connectivity index (χ1n) is 15.6. The Balaban J connectivity index is 1.86. The van der Waals surface area contributed by atoms with E-state index in [2.05, 4.69) is 42.5 Å². The summed E-state index contributed by atoms with van der Waals surface area (Å²) >= 11 is 0. The molecule has 0 spiro atoms. The van der Waals surface area contributed by atoms with Gasteiger partial charge in [-0.2, -0.15) is 0 Å². The molecule has 0 unspecified atom stereocenters. The van der Waals surface area contributed by atoms with Crippen molar-refractivity contribution >= 4 is 34.5 Å². The van der Waals surface area contributed by atoms with Gasteiger partial charge < -0.3 is 30.6 Å². The van der Waals surface area contributed by atoms with E-state index < -0.39 is 18.0 Å². The number of carboxylic acids is 2. The van der Waals surface area contributed by atoms with Crippen molar-refractivity contribution in [3.8, 4) is 22.5 Å². The third-order valence-electron chi connectivity index (χ3n) is 8.27. The van der Waals surface area contributed by atoms with Crippen molar-refractivity contribution in [2.45, 2.75) is 53.0 Å². The molecule has 45 heavy (non-hydrogen) atoms. The lowest BCUT2D eigenvalue weighted by molar-refractivity contribution is -0.138. The quantitative estimate of drug-likeness (QED) is 0.0892. The average Bonchev–Trinajstić information content (AvgIpc) is 3.03. The minimum absolute atomic E-state index is 0.0728. The molecule has 0 saturated carbocycles. The van der Waals surface area contributed by atoms with Gasteiger partial charge in [-0.15, -0.1) is 0 Å². The van der Waals surface area contributed by atoms with Gasteiger partial charge in [0, 0.05) is 59.5 Å². The number of anilines is 1. The predicted octanol–water partition coefficient (Wildman–Crippen LogP) is 4.87. The number of carboxylic acid groups (broad SMARTS) is 2. The lowest BCUT2D eigenvalue weighted by Crippen LogP contribution is -2.30. The molecule has 5 N–H and O–H groups in total. The Hall–Kier alpha value is -4.70. The highest BCUT2D eigenvalue weighted by Crippen LogP contribution is 2.42. The highest BCUT2D eigenvalue weighted by atomic mass is 16.4. The van der Waals surface area contributed by atoms with Crippen LogP contribution in [0, 0.1) is 0 Å². The van der Waals surface area contributed by atoms with E-state index in [0.29, 0.717) is 53.8 Å². The maximum absolute atomic E-state index is 13.2. The van der Waals surface area contributed by atoms with Crippen LogP contribution in [0.4, 0.5) is 5.69 Å². The predicted molar refractivity (Wildman–Crippen MR) is 177 cm³/mol. The molecule has 0 saturated heterocycles. The number of rotatable bonds is 14. The molecular weight excluding hydrogens is 572 g/mol. The van der Waals surface area contributed by atoms with Crippen molar-refractivity contribution in [3.63, 3.8) is 0 Å². The van der Waals surface area contributed by atoms with Crippen molar-refractivity contribution in [3.05, 3.63) is 71.1 Å². The molecule has 238 valence electrons. The van der Waals surface area contributed by atoms with Crippen LogP contribution in [-0.4, -0.2) is 66.8 Å². The number of nitrogens with two attached hydrogens (primary N) is 1. The van der Waals surface area contributed by atoms with E-state index in [-0.39, 0.29) is 11.5 Å². The van der Waals surface area contributed by atoms with Crippen LogP contribution in [0.15, 0.2) is 59.0 Å². The monoisotopic (exact) mass is 615 g/mol. The van der Waals surface area contributed by atoms with Gasteiger partial charge in [-0.05, 0) is 88.9 Å². The number of aromatic carboxylic acids is 1. The van der Waals surface area contributed by atoms with Gasteiger partial charge in [0.2, 0.25) is 5.36 Å². The van der Waals surface area contributed by atoms with E-state index in [1.165, 1.54) is 12.1 Å². The molecule has 10 heteroatoms. The zero-order valence-corrected chi connectivity index (χ0v) is 26.4. The molecule has 0 aromatic heterocycles. The summed E-state index contributed by atoms with van der Waals surface area (Å²) in [6.07, 6.45) is 1.42. The number of aliphatic carboxylic acids is 1. The van der Waals surface area contributed by atoms with E-state index in [1.54, 1.807) is 6.07 Å². The molecule has 4 rings (SSSR count). The summed E-state index contributed by atoms with van der Waals surface area (Å²) in [5.41, 5.74) is 9.41. The maximum Gasteiger partial charge on any atom is 0.336 e. The van der Waals surface area contributed by atoms with Gasteiger partial charge in [0.05, 0.1) is 11.6 Å². The molecule has 0 fully saturated rings. The molecule has 2 aliphatic rings. The summed E-state index contributed by atoms with van der Waals surface area (Å²) in [4.78, 5) is 38.9. The Morgan fingerprint density at radius 3 is 2.29 bits per heavy atom. The summed E-state index contributed by atoms with van der Waals surface area (Å²) in [7, 11) is 0. The van der Waals surface area contributed by atoms with Crippen LogP contribution in [0.2, 0.25) is 0 Å².